The summed E-state index contributed by atoms with van der Waals surface area (Å²) in [7, 11) is 0. The average molecular weight is 244 g/mol. The molecular weight excluding hydrogens is 220 g/mol. The molecule has 2 atom stereocenters. The van der Waals surface area contributed by atoms with Crippen molar-refractivity contribution in [1.82, 2.24) is 10.6 Å². The highest BCUT2D eigenvalue weighted by molar-refractivity contribution is 5.81. The van der Waals surface area contributed by atoms with Gasteiger partial charge < -0.3 is 20.1 Å². The fourth-order valence-corrected chi connectivity index (χ4v) is 1.51. The largest absolute Gasteiger partial charge is 0.376 e. The molecule has 100 valence electrons. The van der Waals surface area contributed by atoms with Crippen molar-refractivity contribution in [2.45, 2.75) is 32.9 Å². The van der Waals surface area contributed by atoms with Crippen LogP contribution in [0, 0.1) is 5.92 Å². The first-order chi connectivity index (χ1) is 8.09. The fourth-order valence-electron chi connectivity index (χ4n) is 1.51. The molecule has 1 aliphatic rings. The minimum Gasteiger partial charge on any atom is -0.376 e. The summed E-state index contributed by atoms with van der Waals surface area (Å²) < 4.78 is 10.8. The summed E-state index contributed by atoms with van der Waals surface area (Å²) in [4.78, 5) is 11.7. The van der Waals surface area contributed by atoms with Gasteiger partial charge in [0.1, 0.15) is 0 Å². The molecule has 2 N–H and O–H groups in total. The second-order valence-corrected chi connectivity index (χ2v) is 4.84. The zero-order valence-electron chi connectivity index (χ0n) is 11.0. The second kappa shape index (κ2) is 7.63. The van der Waals surface area contributed by atoms with Crippen molar-refractivity contribution < 1.29 is 14.3 Å². The molecule has 5 nitrogen and oxygen atoms in total. The second-order valence-electron chi connectivity index (χ2n) is 4.84. The molecule has 5 heteroatoms. The molecule has 0 bridgehead atoms. The summed E-state index contributed by atoms with van der Waals surface area (Å²) in [6, 6.07) is -0.195. The van der Waals surface area contributed by atoms with E-state index in [0.29, 0.717) is 38.8 Å². The van der Waals surface area contributed by atoms with Gasteiger partial charge in [-0.1, -0.05) is 13.8 Å². The van der Waals surface area contributed by atoms with Crippen LogP contribution in [-0.4, -0.2) is 51.0 Å². The lowest BCUT2D eigenvalue weighted by atomic mass is 10.2. The minimum absolute atomic E-state index is 0.0374. The highest BCUT2D eigenvalue weighted by Crippen LogP contribution is 1.99. The summed E-state index contributed by atoms with van der Waals surface area (Å²) in [5.41, 5.74) is 0. The molecule has 1 aliphatic heterocycles. The maximum Gasteiger partial charge on any atom is 0.236 e. The van der Waals surface area contributed by atoms with Crippen molar-refractivity contribution >= 4 is 5.91 Å². The molecule has 0 aliphatic carbocycles. The molecule has 0 aromatic carbocycles. The van der Waals surface area contributed by atoms with Crippen LogP contribution in [0.4, 0.5) is 0 Å². The molecule has 0 aromatic heterocycles. The third-order valence-electron chi connectivity index (χ3n) is 2.61. The van der Waals surface area contributed by atoms with Crippen LogP contribution in [0.2, 0.25) is 0 Å². The molecule has 2 unspecified atom stereocenters. The number of hydrogen-bond donors (Lipinski definition) is 2. The van der Waals surface area contributed by atoms with E-state index in [1.807, 2.05) is 6.92 Å². The zero-order chi connectivity index (χ0) is 12.7. The number of amides is 1. The Morgan fingerprint density at radius 1 is 1.35 bits per heavy atom. The van der Waals surface area contributed by atoms with Gasteiger partial charge >= 0.3 is 0 Å². The summed E-state index contributed by atoms with van der Waals surface area (Å²) in [6.07, 6.45) is 0.0594. The van der Waals surface area contributed by atoms with Crippen LogP contribution < -0.4 is 10.6 Å². The monoisotopic (exact) mass is 244 g/mol. The van der Waals surface area contributed by atoms with Gasteiger partial charge in [-0.05, 0) is 12.8 Å². The third kappa shape index (κ3) is 6.00. The topological polar surface area (TPSA) is 59.6 Å². The van der Waals surface area contributed by atoms with E-state index >= 15 is 0 Å². The van der Waals surface area contributed by atoms with Gasteiger partial charge in [-0.2, -0.15) is 0 Å². The first-order valence-electron chi connectivity index (χ1n) is 6.30. The number of ether oxygens (including phenoxy) is 2. The fraction of sp³-hybridized carbons (Fsp3) is 0.917. The van der Waals surface area contributed by atoms with Crippen LogP contribution in [0.15, 0.2) is 0 Å². The quantitative estimate of drug-likeness (QED) is 0.698. The van der Waals surface area contributed by atoms with Crippen molar-refractivity contribution in [2.75, 3.05) is 32.9 Å². The Balaban J connectivity index is 2.14. The van der Waals surface area contributed by atoms with Crippen molar-refractivity contribution in [3.05, 3.63) is 0 Å². The number of carbonyl (C=O) groups is 1. The highest BCUT2D eigenvalue weighted by Gasteiger charge is 2.17. The summed E-state index contributed by atoms with van der Waals surface area (Å²) in [5, 5.41) is 6.05. The van der Waals surface area contributed by atoms with E-state index in [9.17, 15) is 4.79 Å². The molecular formula is C12H24N2O3. The Hall–Kier alpha value is -0.650. The van der Waals surface area contributed by atoms with E-state index in [0.717, 1.165) is 0 Å². The predicted molar refractivity (Wildman–Crippen MR) is 65.9 cm³/mol. The van der Waals surface area contributed by atoms with Gasteiger partial charge in [0.25, 0.3) is 0 Å². The van der Waals surface area contributed by atoms with Gasteiger partial charge in [-0.15, -0.1) is 0 Å². The van der Waals surface area contributed by atoms with E-state index < -0.39 is 0 Å². The lowest BCUT2D eigenvalue weighted by molar-refractivity contribution is -0.123. The van der Waals surface area contributed by atoms with Gasteiger partial charge in [-0.25, -0.2) is 0 Å². The van der Waals surface area contributed by atoms with Crippen LogP contribution in [-0.2, 0) is 14.3 Å². The first kappa shape index (κ1) is 14.4. The molecule has 0 aromatic rings. The Labute approximate surface area is 103 Å². The summed E-state index contributed by atoms with van der Waals surface area (Å²) >= 11 is 0. The molecule has 1 heterocycles. The molecule has 0 spiro atoms. The highest BCUT2D eigenvalue weighted by atomic mass is 16.6. The predicted octanol–water partition coefficient (Wildman–Crippen LogP) is 0.152. The molecule has 0 saturated carbocycles. The molecule has 1 saturated heterocycles. The smallest absolute Gasteiger partial charge is 0.236 e. The minimum atomic E-state index is -0.195. The average Bonchev–Trinajstić information content (AvgIpc) is 2.34. The molecule has 0 radical (unpaired) electrons. The summed E-state index contributed by atoms with van der Waals surface area (Å²) in [6.45, 7) is 9.29. The van der Waals surface area contributed by atoms with E-state index in [4.69, 9.17) is 9.47 Å². The standard InChI is InChI=1S/C12H24N2O3/c1-9(2)6-14-12(15)10(3)13-7-11-8-16-4-5-17-11/h9-11,13H,4-8H2,1-3H3,(H,14,15). The number of nitrogens with one attached hydrogen (secondary N) is 2. The van der Waals surface area contributed by atoms with Crippen molar-refractivity contribution in [3.8, 4) is 0 Å². The lowest BCUT2D eigenvalue weighted by Crippen LogP contribution is -2.47. The first-order valence-corrected chi connectivity index (χ1v) is 6.30. The molecule has 1 amide bonds. The van der Waals surface area contributed by atoms with Crippen LogP contribution in [0.1, 0.15) is 20.8 Å². The van der Waals surface area contributed by atoms with E-state index in [1.165, 1.54) is 0 Å². The number of hydrogen-bond acceptors (Lipinski definition) is 4. The van der Waals surface area contributed by atoms with Gasteiger partial charge in [0.2, 0.25) is 5.91 Å². The van der Waals surface area contributed by atoms with Crippen molar-refractivity contribution in [2.24, 2.45) is 5.92 Å². The molecule has 1 rings (SSSR count). The Morgan fingerprint density at radius 3 is 2.71 bits per heavy atom. The Bertz CT molecular complexity index is 228. The number of carbonyl (C=O) groups excluding carboxylic acids is 1. The number of rotatable bonds is 6. The normalized spacial score (nSPS) is 22.5. The Morgan fingerprint density at radius 2 is 2.12 bits per heavy atom. The SMILES string of the molecule is CC(C)CNC(=O)C(C)NCC1COCCO1. The van der Waals surface area contributed by atoms with Gasteiger partial charge in [0.05, 0.1) is 32.0 Å². The maximum absolute atomic E-state index is 11.7. The van der Waals surface area contributed by atoms with Crippen LogP contribution in [0.5, 0.6) is 0 Å². The molecule has 17 heavy (non-hydrogen) atoms. The van der Waals surface area contributed by atoms with Crippen LogP contribution in [0.3, 0.4) is 0 Å². The van der Waals surface area contributed by atoms with Crippen LogP contribution >= 0.6 is 0 Å². The van der Waals surface area contributed by atoms with Crippen molar-refractivity contribution in [3.63, 3.8) is 0 Å². The van der Waals surface area contributed by atoms with E-state index in [1.54, 1.807) is 0 Å². The van der Waals surface area contributed by atoms with Crippen molar-refractivity contribution in [1.29, 1.82) is 0 Å². The Kier molecular flexibility index (Phi) is 6.47. The van der Waals surface area contributed by atoms with Gasteiger partial charge in [-0.3, -0.25) is 4.79 Å². The lowest BCUT2D eigenvalue weighted by Gasteiger charge is -2.24. The summed E-state index contributed by atoms with van der Waals surface area (Å²) in [5.74, 6) is 0.511. The zero-order valence-corrected chi connectivity index (χ0v) is 11.0. The van der Waals surface area contributed by atoms with E-state index in [2.05, 4.69) is 24.5 Å². The van der Waals surface area contributed by atoms with E-state index in [-0.39, 0.29) is 18.1 Å². The molecule has 1 fully saturated rings. The van der Waals surface area contributed by atoms with Gasteiger partial charge in [0, 0.05) is 13.1 Å². The van der Waals surface area contributed by atoms with Gasteiger partial charge in [0.15, 0.2) is 0 Å². The third-order valence-corrected chi connectivity index (χ3v) is 2.61. The van der Waals surface area contributed by atoms with Crippen LogP contribution in [0.25, 0.3) is 0 Å². The maximum atomic E-state index is 11.7.